The summed E-state index contributed by atoms with van der Waals surface area (Å²) < 4.78 is 40.0. The van der Waals surface area contributed by atoms with Crippen LogP contribution < -0.4 is 10.2 Å². The summed E-state index contributed by atoms with van der Waals surface area (Å²) in [5, 5.41) is 2.95. The minimum atomic E-state index is -4.53. The molecule has 4 rings (SSSR count). The first-order valence-electron chi connectivity index (χ1n) is 11.0. The molecule has 0 saturated carbocycles. The largest absolute Gasteiger partial charge is 0.433 e. The maximum atomic E-state index is 13.3. The Morgan fingerprint density at radius 3 is 2.50 bits per heavy atom. The standard InChI is InChI=1S/C24H24F3N5OS/c25-24(26,27)20-15-21(32-13-3-4-14-32)31-23(30-20)34-16-17-6-8-18(9-7-17)22(33)29-12-10-19-5-1-2-11-28-19/h1-2,5-9,11,15H,3-4,10,12-14,16H2,(H,29,33). The molecule has 0 unspecified atom stereocenters. The third kappa shape index (κ3) is 6.47. The van der Waals surface area contributed by atoms with Gasteiger partial charge in [-0.05, 0) is 42.7 Å². The van der Waals surface area contributed by atoms with E-state index in [1.165, 1.54) is 0 Å². The van der Waals surface area contributed by atoms with Gasteiger partial charge < -0.3 is 10.2 Å². The summed E-state index contributed by atoms with van der Waals surface area (Å²) in [5.74, 6) is 0.522. The van der Waals surface area contributed by atoms with Crippen molar-refractivity contribution in [3.63, 3.8) is 0 Å². The highest BCUT2D eigenvalue weighted by atomic mass is 32.2. The van der Waals surface area contributed by atoms with Crippen molar-refractivity contribution in [3.05, 3.63) is 77.2 Å². The Morgan fingerprint density at radius 2 is 1.82 bits per heavy atom. The van der Waals surface area contributed by atoms with E-state index in [0.717, 1.165) is 41.9 Å². The lowest BCUT2D eigenvalue weighted by molar-refractivity contribution is -0.141. The number of nitrogens with zero attached hydrogens (tertiary/aromatic N) is 4. The number of benzene rings is 1. The van der Waals surface area contributed by atoms with Gasteiger partial charge in [0, 0.05) is 55.3 Å². The Labute approximate surface area is 200 Å². The molecule has 6 nitrogen and oxygen atoms in total. The molecule has 0 radical (unpaired) electrons. The molecule has 3 aromatic rings. The number of pyridine rings is 1. The minimum Gasteiger partial charge on any atom is -0.356 e. The summed E-state index contributed by atoms with van der Waals surface area (Å²) in [7, 11) is 0. The van der Waals surface area contributed by atoms with Crippen LogP contribution in [0.2, 0.25) is 0 Å². The van der Waals surface area contributed by atoms with Crippen LogP contribution in [0.1, 0.15) is 40.2 Å². The number of thioether (sulfide) groups is 1. The molecule has 178 valence electrons. The quantitative estimate of drug-likeness (QED) is 0.365. The molecule has 1 aliphatic rings. The lowest BCUT2D eigenvalue weighted by Gasteiger charge is -2.18. The fourth-order valence-corrected chi connectivity index (χ4v) is 4.39. The first-order valence-corrected chi connectivity index (χ1v) is 12.0. The predicted molar refractivity (Wildman–Crippen MR) is 125 cm³/mol. The van der Waals surface area contributed by atoms with Gasteiger partial charge in [0.05, 0.1) is 0 Å². The molecule has 0 atom stereocenters. The van der Waals surface area contributed by atoms with Crippen LogP contribution in [-0.2, 0) is 18.3 Å². The smallest absolute Gasteiger partial charge is 0.356 e. The average molecular weight is 488 g/mol. The zero-order chi connectivity index (χ0) is 24.0. The Hall–Kier alpha value is -3.14. The lowest BCUT2D eigenvalue weighted by atomic mass is 10.1. The van der Waals surface area contributed by atoms with Crippen molar-refractivity contribution in [2.75, 3.05) is 24.5 Å². The summed E-state index contributed by atoms with van der Waals surface area (Å²) >= 11 is 1.15. The van der Waals surface area contributed by atoms with Crippen molar-refractivity contribution in [1.82, 2.24) is 20.3 Å². The molecular weight excluding hydrogens is 463 g/mol. The summed E-state index contributed by atoms with van der Waals surface area (Å²) in [6, 6.07) is 13.7. The highest BCUT2D eigenvalue weighted by Crippen LogP contribution is 2.33. The Kier molecular flexibility index (Phi) is 7.66. The first-order chi connectivity index (χ1) is 16.4. The van der Waals surface area contributed by atoms with E-state index in [4.69, 9.17) is 0 Å². The number of hydrogen-bond acceptors (Lipinski definition) is 6. The van der Waals surface area contributed by atoms with Crippen LogP contribution >= 0.6 is 11.8 Å². The van der Waals surface area contributed by atoms with Crippen LogP contribution in [-0.4, -0.2) is 40.5 Å². The lowest BCUT2D eigenvalue weighted by Crippen LogP contribution is -2.25. The second-order valence-electron chi connectivity index (χ2n) is 7.90. The maximum Gasteiger partial charge on any atom is 0.433 e. The molecule has 1 aliphatic heterocycles. The third-order valence-corrected chi connectivity index (χ3v) is 6.31. The SMILES string of the molecule is O=C(NCCc1ccccn1)c1ccc(CSc2nc(N3CCCC3)cc(C(F)(F)F)n2)cc1. The van der Waals surface area contributed by atoms with E-state index in [0.29, 0.717) is 43.2 Å². The zero-order valence-electron chi connectivity index (χ0n) is 18.4. The van der Waals surface area contributed by atoms with E-state index in [-0.39, 0.29) is 11.1 Å². The van der Waals surface area contributed by atoms with Gasteiger partial charge in [0.1, 0.15) is 5.82 Å². The highest BCUT2D eigenvalue weighted by molar-refractivity contribution is 7.98. The molecule has 2 aromatic heterocycles. The average Bonchev–Trinajstić information content (AvgIpc) is 3.38. The number of amides is 1. The topological polar surface area (TPSA) is 71.0 Å². The number of halogens is 3. The number of rotatable bonds is 8. The molecule has 0 bridgehead atoms. The molecule has 0 spiro atoms. The van der Waals surface area contributed by atoms with Crippen LogP contribution in [0.15, 0.2) is 59.9 Å². The van der Waals surface area contributed by atoms with Gasteiger partial charge >= 0.3 is 6.18 Å². The predicted octanol–water partition coefficient (Wildman–Crippen LogP) is 4.76. The molecule has 1 amide bonds. The molecule has 1 N–H and O–H groups in total. The third-order valence-electron chi connectivity index (χ3n) is 5.39. The van der Waals surface area contributed by atoms with Gasteiger partial charge in [-0.1, -0.05) is 30.0 Å². The Morgan fingerprint density at radius 1 is 1.06 bits per heavy atom. The van der Waals surface area contributed by atoms with Crippen LogP contribution in [0.5, 0.6) is 0 Å². The molecule has 1 aromatic carbocycles. The van der Waals surface area contributed by atoms with Crippen molar-refractivity contribution in [2.24, 2.45) is 0 Å². The zero-order valence-corrected chi connectivity index (χ0v) is 19.2. The number of alkyl halides is 3. The van der Waals surface area contributed by atoms with Gasteiger partial charge in [-0.3, -0.25) is 9.78 Å². The normalized spacial score (nSPS) is 13.8. The fraction of sp³-hybridized carbons (Fsp3) is 0.333. The van der Waals surface area contributed by atoms with Crippen LogP contribution in [0.3, 0.4) is 0 Å². The molecule has 1 fully saturated rings. The van der Waals surface area contributed by atoms with Gasteiger partial charge in [-0.15, -0.1) is 0 Å². The van der Waals surface area contributed by atoms with E-state index in [1.54, 1.807) is 30.5 Å². The van der Waals surface area contributed by atoms with Gasteiger partial charge in [-0.2, -0.15) is 13.2 Å². The van der Waals surface area contributed by atoms with Gasteiger partial charge in [0.15, 0.2) is 10.9 Å². The van der Waals surface area contributed by atoms with E-state index < -0.39 is 11.9 Å². The van der Waals surface area contributed by atoms with Crippen molar-refractivity contribution in [3.8, 4) is 0 Å². The van der Waals surface area contributed by atoms with E-state index in [1.807, 2.05) is 23.1 Å². The van der Waals surface area contributed by atoms with Crippen molar-refractivity contribution in [2.45, 2.75) is 36.3 Å². The fourth-order valence-electron chi connectivity index (χ4n) is 3.58. The van der Waals surface area contributed by atoms with Crippen molar-refractivity contribution < 1.29 is 18.0 Å². The second kappa shape index (κ2) is 10.9. The Bertz CT molecular complexity index is 1100. The number of anilines is 1. The van der Waals surface area contributed by atoms with Crippen molar-refractivity contribution >= 4 is 23.5 Å². The van der Waals surface area contributed by atoms with Crippen LogP contribution in [0.25, 0.3) is 0 Å². The molecule has 10 heteroatoms. The Balaban J connectivity index is 1.35. The van der Waals surface area contributed by atoms with E-state index in [9.17, 15) is 18.0 Å². The summed E-state index contributed by atoms with van der Waals surface area (Å²) in [5.41, 5.74) is 1.35. The number of carbonyl (C=O) groups is 1. The number of aromatic nitrogens is 3. The summed E-state index contributed by atoms with van der Waals surface area (Å²) in [4.78, 5) is 26.5. The van der Waals surface area contributed by atoms with Crippen molar-refractivity contribution in [1.29, 1.82) is 0 Å². The summed E-state index contributed by atoms with van der Waals surface area (Å²) in [6.07, 6.45) is -0.296. The molecule has 0 aliphatic carbocycles. The summed E-state index contributed by atoms with van der Waals surface area (Å²) in [6.45, 7) is 1.87. The van der Waals surface area contributed by atoms with Gasteiger partial charge in [-0.25, -0.2) is 9.97 Å². The monoisotopic (exact) mass is 487 g/mol. The van der Waals surface area contributed by atoms with E-state index >= 15 is 0 Å². The minimum absolute atomic E-state index is 0.0908. The number of nitrogens with one attached hydrogen (secondary N) is 1. The number of hydrogen-bond donors (Lipinski definition) is 1. The molecule has 1 saturated heterocycles. The van der Waals surface area contributed by atoms with Crippen LogP contribution in [0, 0.1) is 0 Å². The first kappa shape index (κ1) is 24.0. The highest BCUT2D eigenvalue weighted by Gasteiger charge is 2.34. The molecule has 3 heterocycles. The van der Waals surface area contributed by atoms with Gasteiger partial charge in [0.2, 0.25) is 0 Å². The maximum absolute atomic E-state index is 13.3. The second-order valence-corrected chi connectivity index (χ2v) is 8.84. The van der Waals surface area contributed by atoms with Crippen LogP contribution in [0.4, 0.5) is 19.0 Å². The van der Waals surface area contributed by atoms with Gasteiger partial charge in [0.25, 0.3) is 5.91 Å². The van der Waals surface area contributed by atoms with E-state index in [2.05, 4.69) is 20.3 Å². The molecule has 34 heavy (non-hydrogen) atoms. The number of carbonyl (C=O) groups excluding carboxylic acids is 1. The molecular formula is C24H24F3N5OS.